The minimum Gasteiger partial charge on any atom is -0.309 e. The largest absolute Gasteiger partial charge is 0.309 e. The van der Waals surface area contributed by atoms with Gasteiger partial charge in [-0.15, -0.1) is 10.2 Å². The third kappa shape index (κ3) is 4.95. The molecule has 0 bridgehead atoms. The van der Waals surface area contributed by atoms with Crippen LogP contribution in [0.25, 0.3) is 11.4 Å². The molecular formula is C21H22FN5O. The molecule has 0 saturated heterocycles. The van der Waals surface area contributed by atoms with Crippen molar-refractivity contribution >= 4 is 11.7 Å². The predicted octanol–water partition coefficient (Wildman–Crippen LogP) is 3.28. The van der Waals surface area contributed by atoms with Gasteiger partial charge in [-0.25, -0.2) is 4.39 Å². The Morgan fingerprint density at radius 2 is 1.71 bits per heavy atom. The first-order valence-electron chi connectivity index (χ1n) is 9.02. The van der Waals surface area contributed by atoms with Crippen molar-refractivity contribution in [3.63, 3.8) is 0 Å². The van der Waals surface area contributed by atoms with Crippen LogP contribution in [0, 0.1) is 5.82 Å². The molecule has 3 aromatic rings. The van der Waals surface area contributed by atoms with Crippen LogP contribution in [0.15, 0.2) is 60.8 Å². The summed E-state index contributed by atoms with van der Waals surface area (Å²) in [6, 6.07) is 14.6. The van der Waals surface area contributed by atoms with Crippen LogP contribution in [0.5, 0.6) is 0 Å². The molecular weight excluding hydrogens is 357 g/mol. The van der Waals surface area contributed by atoms with Crippen molar-refractivity contribution in [3.05, 3.63) is 72.2 Å². The Bertz CT molecular complexity index is 898. The number of hydrogen-bond acceptors (Lipinski definition) is 5. The number of rotatable bonds is 7. The SMILES string of the molecule is CN(C)CCCN(C(=O)c1ccc(F)cc1)c1ccc(-c2ccccn2)nn1. The Kier molecular flexibility index (Phi) is 6.39. The maximum atomic E-state index is 13.2. The molecule has 0 aliphatic heterocycles. The van der Waals surface area contributed by atoms with Gasteiger partial charge >= 0.3 is 0 Å². The van der Waals surface area contributed by atoms with Crippen LogP contribution in [-0.2, 0) is 0 Å². The van der Waals surface area contributed by atoms with E-state index in [4.69, 9.17) is 0 Å². The number of benzene rings is 1. The monoisotopic (exact) mass is 379 g/mol. The van der Waals surface area contributed by atoms with Crippen LogP contribution in [0.2, 0.25) is 0 Å². The lowest BCUT2D eigenvalue weighted by Crippen LogP contribution is -2.34. The van der Waals surface area contributed by atoms with Crippen molar-refractivity contribution in [2.75, 3.05) is 32.1 Å². The van der Waals surface area contributed by atoms with E-state index >= 15 is 0 Å². The smallest absolute Gasteiger partial charge is 0.259 e. The maximum Gasteiger partial charge on any atom is 0.259 e. The molecule has 0 N–H and O–H groups in total. The fourth-order valence-electron chi connectivity index (χ4n) is 2.73. The van der Waals surface area contributed by atoms with Crippen LogP contribution in [0.3, 0.4) is 0 Å². The molecule has 0 fully saturated rings. The van der Waals surface area contributed by atoms with E-state index in [0.717, 1.165) is 13.0 Å². The van der Waals surface area contributed by atoms with Crippen molar-refractivity contribution in [2.45, 2.75) is 6.42 Å². The summed E-state index contributed by atoms with van der Waals surface area (Å²) >= 11 is 0. The van der Waals surface area contributed by atoms with Crippen molar-refractivity contribution in [1.29, 1.82) is 0 Å². The summed E-state index contributed by atoms with van der Waals surface area (Å²) in [5.74, 6) is -0.165. The molecule has 28 heavy (non-hydrogen) atoms. The second-order valence-corrected chi connectivity index (χ2v) is 6.61. The molecule has 7 heteroatoms. The van der Waals surface area contributed by atoms with Crippen molar-refractivity contribution in [3.8, 4) is 11.4 Å². The molecule has 0 aliphatic carbocycles. The molecule has 6 nitrogen and oxygen atoms in total. The summed E-state index contributed by atoms with van der Waals surface area (Å²) in [5.41, 5.74) is 1.75. The van der Waals surface area contributed by atoms with Gasteiger partial charge in [0.1, 0.15) is 11.5 Å². The van der Waals surface area contributed by atoms with Crippen LogP contribution in [0.1, 0.15) is 16.8 Å². The highest BCUT2D eigenvalue weighted by atomic mass is 19.1. The highest BCUT2D eigenvalue weighted by molar-refractivity contribution is 6.05. The number of aromatic nitrogens is 3. The molecule has 1 aromatic carbocycles. The van der Waals surface area contributed by atoms with Crippen molar-refractivity contribution < 1.29 is 9.18 Å². The van der Waals surface area contributed by atoms with Crippen LogP contribution in [-0.4, -0.2) is 53.2 Å². The minimum atomic E-state index is -0.379. The maximum absolute atomic E-state index is 13.2. The van der Waals surface area contributed by atoms with Crippen LogP contribution >= 0.6 is 0 Å². The second kappa shape index (κ2) is 9.14. The lowest BCUT2D eigenvalue weighted by Gasteiger charge is -2.22. The summed E-state index contributed by atoms with van der Waals surface area (Å²) in [6.07, 6.45) is 2.46. The lowest BCUT2D eigenvalue weighted by molar-refractivity contribution is 0.0985. The highest BCUT2D eigenvalue weighted by Crippen LogP contribution is 2.19. The molecule has 3 rings (SSSR count). The van der Waals surface area contributed by atoms with Gasteiger partial charge in [0.2, 0.25) is 0 Å². The lowest BCUT2D eigenvalue weighted by atomic mass is 10.2. The Morgan fingerprint density at radius 3 is 2.32 bits per heavy atom. The molecule has 0 unspecified atom stereocenters. The Labute approximate surface area is 163 Å². The van der Waals surface area contributed by atoms with E-state index in [1.807, 2.05) is 32.3 Å². The topological polar surface area (TPSA) is 62.2 Å². The fraction of sp³-hybridized carbons (Fsp3) is 0.238. The van der Waals surface area contributed by atoms with Crippen LogP contribution in [0.4, 0.5) is 10.2 Å². The summed E-state index contributed by atoms with van der Waals surface area (Å²) in [7, 11) is 3.96. The van der Waals surface area contributed by atoms with Gasteiger partial charge in [-0.1, -0.05) is 6.07 Å². The third-order valence-corrected chi connectivity index (χ3v) is 4.18. The first-order valence-corrected chi connectivity index (χ1v) is 9.02. The number of carbonyl (C=O) groups is 1. The Hall–Kier alpha value is -3.19. The quantitative estimate of drug-likeness (QED) is 0.630. The number of nitrogens with zero attached hydrogens (tertiary/aromatic N) is 5. The molecule has 0 atom stereocenters. The number of pyridine rings is 1. The van der Waals surface area contributed by atoms with E-state index in [1.54, 1.807) is 23.2 Å². The standard InChI is InChI=1S/C21H22FN5O/c1-26(2)14-5-15-27(21(28)16-7-9-17(22)10-8-16)20-12-11-19(24-25-20)18-6-3-4-13-23-18/h3-4,6-13H,5,14-15H2,1-2H3. The Balaban J connectivity index is 1.85. The molecule has 0 aliphatic rings. The summed E-state index contributed by atoms with van der Waals surface area (Å²) < 4.78 is 13.2. The van der Waals surface area contributed by atoms with Gasteiger partial charge in [-0.3, -0.25) is 14.7 Å². The Morgan fingerprint density at radius 1 is 0.929 bits per heavy atom. The average molecular weight is 379 g/mol. The number of anilines is 1. The predicted molar refractivity (Wildman–Crippen MR) is 107 cm³/mol. The van der Waals surface area contributed by atoms with Gasteiger partial charge in [0.25, 0.3) is 5.91 Å². The molecule has 0 spiro atoms. The molecule has 0 saturated carbocycles. The van der Waals surface area contributed by atoms with Gasteiger partial charge in [0.15, 0.2) is 5.82 Å². The van der Waals surface area contributed by atoms with Crippen molar-refractivity contribution in [2.24, 2.45) is 0 Å². The third-order valence-electron chi connectivity index (χ3n) is 4.18. The normalized spacial score (nSPS) is 10.9. The van der Waals surface area contributed by atoms with E-state index in [1.165, 1.54) is 24.3 Å². The van der Waals surface area contributed by atoms with E-state index in [9.17, 15) is 9.18 Å². The van der Waals surface area contributed by atoms with E-state index < -0.39 is 0 Å². The zero-order chi connectivity index (χ0) is 19.9. The van der Waals surface area contributed by atoms with E-state index in [-0.39, 0.29) is 11.7 Å². The van der Waals surface area contributed by atoms with Gasteiger partial charge in [-0.05, 0) is 75.6 Å². The first kappa shape index (κ1) is 19.6. The first-order chi connectivity index (χ1) is 13.5. The minimum absolute atomic E-state index is 0.237. The van der Waals surface area contributed by atoms with Crippen LogP contribution < -0.4 is 4.90 Å². The molecule has 1 amide bonds. The average Bonchev–Trinajstić information content (AvgIpc) is 2.72. The van der Waals surface area contributed by atoms with E-state index in [0.29, 0.717) is 29.3 Å². The van der Waals surface area contributed by atoms with Gasteiger partial charge < -0.3 is 4.90 Å². The summed E-state index contributed by atoms with van der Waals surface area (Å²) in [4.78, 5) is 20.9. The molecule has 2 aromatic heterocycles. The van der Waals surface area contributed by atoms with E-state index in [2.05, 4.69) is 20.1 Å². The number of amides is 1. The zero-order valence-electron chi connectivity index (χ0n) is 15.9. The van der Waals surface area contributed by atoms with Gasteiger partial charge in [0.05, 0.1) is 5.69 Å². The fourth-order valence-corrected chi connectivity index (χ4v) is 2.73. The number of hydrogen-bond donors (Lipinski definition) is 0. The number of carbonyl (C=O) groups excluding carboxylic acids is 1. The summed E-state index contributed by atoms with van der Waals surface area (Å²) in [6.45, 7) is 1.30. The molecule has 2 heterocycles. The molecule has 0 radical (unpaired) electrons. The zero-order valence-corrected chi connectivity index (χ0v) is 15.9. The number of halogens is 1. The second-order valence-electron chi connectivity index (χ2n) is 6.61. The van der Waals surface area contributed by atoms with Gasteiger partial charge in [0, 0.05) is 18.3 Å². The van der Waals surface area contributed by atoms with Crippen molar-refractivity contribution in [1.82, 2.24) is 20.1 Å². The highest BCUT2D eigenvalue weighted by Gasteiger charge is 2.19. The van der Waals surface area contributed by atoms with Gasteiger partial charge in [-0.2, -0.15) is 0 Å². The molecule has 144 valence electrons. The summed E-state index contributed by atoms with van der Waals surface area (Å²) in [5, 5.41) is 8.47.